The average molecular weight is 219 g/mol. The van der Waals surface area contributed by atoms with Gasteiger partial charge in [0.2, 0.25) is 0 Å². The van der Waals surface area contributed by atoms with Gasteiger partial charge >= 0.3 is 5.97 Å². The molecule has 0 aromatic carbocycles. The molecule has 1 atom stereocenters. The predicted octanol–water partition coefficient (Wildman–Crippen LogP) is 1.21. The Balaban J connectivity index is 2.52. The number of carboxylic acids is 1. The number of amides is 1. The standard InChI is InChI=1S/C7H9NO3S2/c1-2-4(6(10)11)13-7-8-5(9)3-12-7/h4H,2-3H2,1H3,(H,10,11). The fourth-order valence-corrected chi connectivity index (χ4v) is 2.72. The van der Waals surface area contributed by atoms with E-state index in [1.54, 1.807) is 6.92 Å². The summed E-state index contributed by atoms with van der Waals surface area (Å²) in [5.41, 5.74) is 0. The van der Waals surface area contributed by atoms with Crippen LogP contribution in [0, 0.1) is 0 Å². The zero-order chi connectivity index (χ0) is 9.84. The summed E-state index contributed by atoms with van der Waals surface area (Å²) < 4.78 is 0.583. The van der Waals surface area contributed by atoms with E-state index in [0.717, 1.165) is 11.8 Å². The predicted molar refractivity (Wildman–Crippen MR) is 54.2 cm³/mol. The van der Waals surface area contributed by atoms with Gasteiger partial charge < -0.3 is 5.11 Å². The van der Waals surface area contributed by atoms with Gasteiger partial charge in [0.15, 0.2) is 0 Å². The van der Waals surface area contributed by atoms with Gasteiger partial charge in [-0.05, 0) is 6.42 Å². The van der Waals surface area contributed by atoms with Crippen LogP contribution in [-0.2, 0) is 9.59 Å². The summed E-state index contributed by atoms with van der Waals surface area (Å²) in [5, 5.41) is 8.24. The van der Waals surface area contributed by atoms with Gasteiger partial charge in [0.1, 0.15) is 9.63 Å². The van der Waals surface area contributed by atoms with Crippen molar-refractivity contribution >= 4 is 39.8 Å². The third-order valence-corrected chi connectivity index (χ3v) is 3.91. The summed E-state index contributed by atoms with van der Waals surface area (Å²) in [5.74, 6) is -0.679. The monoisotopic (exact) mass is 219 g/mol. The second-order valence-electron chi connectivity index (χ2n) is 2.41. The normalized spacial score (nSPS) is 18.5. The Kier molecular flexibility index (Phi) is 3.80. The Morgan fingerprint density at radius 1 is 1.85 bits per heavy atom. The highest BCUT2D eigenvalue weighted by Gasteiger charge is 2.23. The highest BCUT2D eigenvalue weighted by atomic mass is 32.2. The van der Waals surface area contributed by atoms with Crippen LogP contribution in [0.3, 0.4) is 0 Å². The van der Waals surface area contributed by atoms with Crippen LogP contribution in [0.1, 0.15) is 13.3 Å². The first-order valence-corrected chi connectivity index (χ1v) is 5.63. The molecule has 72 valence electrons. The SMILES string of the molecule is CCC(SC1=NC(=O)CS1)C(=O)O. The number of thioether (sulfide) groups is 2. The molecule has 0 saturated heterocycles. The highest BCUT2D eigenvalue weighted by molar-refractivity contribution is 8.39. The molecule has 1 rings (SSSR count). The smallest absolute Gasteiger partial charge is 0.317 e. The Labute approximate surface area is 84.2 Å². The number of carboxylic acid groups (broad SMARTS) is 1. The minimum Gasteiger partial charge on any atom is -0.480 e. The molecule has 1 aliphatic rings. The second-order valence-corrected chi connectivity index (χ2v) is 4.83. The Morgan fingerprint density at radius 3 is 2.92 bits per heavy atom. The quantitative estimate of drug-likeness (QED) is 0.772. The number of hydrogen-bond donors (Lipinski definition) is 1. The zero-order valence-corrected chi connectivity index (χ0v) is 8.65. The molecular formula is C7H9NO3S2. The molecule has 0 aromatic heterocycles. The summed E-state index contributed by atoms with van der Waals surface area (Å²) in [6, 6.07) is 0. The van der Waals surface area contributed by atoms with Crippen LogP contribution in [0.15, 0.2) is 4.99 Å². The second kappa shape index (κ2) is 4.66. The first-order chi connectivity index (χ1) is 6.13. The maximum Gasteiger partial charge on any atom is 0.317 e. The molecule has 1 aliphatic heterocycles. The van der Waals surface area contributed by atoms with Gasteiger partial charge in [0.05, 0.1) is 5.75 Å². The van der Waals surface area contributed by atoms with Crippen molar-refractivity contribution in [2.75, 3.05) is 5.75 Å². The maximum atomic E-state index is 10.7. The van der Waals surface area contributed by atoms with E-state index in [0.29, 0.717) is 16.5 Å². The lowest BCUT2D eigenvalue weighted by Crippen LogP contribution is -2.16. The van der Waals surface area contributed by atoms with Gasteiger partial charge in [-0.2, -0.15) is 4.99 Å². The molecule has 1 amide bonds. The van der Waals surface area contributed by atoms with E-state index in [2.05, 4.69) is 4.99 Å². The largest absolute Gasteiger partial charge is 0.480 e. The summed E-state index contributed by atoms with van der Waals surface area (Å²) in [6.07, 6.45) is 0.535. The summed E-state index contributed by atoms with van der Waals surface area (Å²) in [6.45, 7) is 1.80. The van der Waals surface area contributed by atoms with Crippen molar-refractivity contribution < 1.29 is 14.7 Å². The van der Waals surface area contributed by atoms with Crippen LogP contribution in [0.25, 0.3) is 0 Å². The van der Waals surface area contributed by atoms with Crippen LogP contribution >= 0.6 is 23.5 Å². The molecule has 0 radical (unpaired) electrons. The third-order valence-electron chi connectivity index (χ3n) is 1.42. The van der Waals surface area contributed by atoms with Crippen LogP contribution in [0.5, 0.6) is 0 Å². The number of carbonyl (C=O) groups excluding carboxylic acids is 1. The Morgan fingerprint density at radius 2 is 2.54 bits per heavy atom. The molecule has 4 nitrogen and oxygen atoms in total. The molecule has 0 aliphatic carbocycles. The van der Waals surface area contributed by atoms with Crippen LogP contribution in [-0.4, -0.2) is 32.4 Å². The molecule has 13 heavy (non-hydrogen) atoms. The van der Waals surface area contributed by atoms with Crippen molar-refractivity contribution in [1.29, 1.82) is 0 Å². The summed E-state index contributed by atoms with van der Waals surface area (Å²) in [7, 11) is 0. The number of aliphatic carboxylic acids is 1. The van der Waals surface area contributed by atoms with Crippen molar-refractivity contribution in [2.45, 2.75) is 18.6 Å². The lowest BCUT2D eigenvalue weighted by atomic mass is 10.3. The molecule has 0 spiro atoms. The van der Waals surface area contributed by atoms with E-state index in [4.69, 9.17) is 5.11 Å². The molecule has 1 heterocycles. The molecule has 0 fully saturated rings. The van der Waals surface area contributed by atoms with E-state index < -0.39 is 11.2 Å². The average Bonchev–Trinajstić information content (AvgIpc) is 2.46. The summed E-state index contributed by atoms with van der Waals surface area (Å²) >= 11 is 2.47. The Bertz CT molecular complexity index is 264. The van der Waals surface area contributed by atoms with Crippen molar-refractivity contribution in [3.63, 3.8) is 0 Å². The molecule has 0 bridgehead atoms. The lowest BCUT2D eigenvalue weighted by molar-refractivity contribution is -0.136. The van der Waals surface area contributed by atoms with Crippen LogP contribution < -0.4 is 0 Å². The van der Waals surface area contributed by atoms with Crippen LogP contribution in [0.2, 0.25) is 0 Å². The van der Waals surface area contributed by atoms with E-state index in [1.165, 1.54) is 11.8 Å². The van der Waals surface area contributed by atoms with Crippen LogP contribution in [0.4, 0.5) is 0 Å². The van der Waals surface area contributed by atoms with E-state index in [9.17, 15) is 9.59 Å². The molecule has 0 aromatic rings. The Hall–Kier alpha value is -0.490. The number of nitrogens with zero attached hydrogens (tertiary/aromatic N) is 1. The molecule has 1 unspecified atom stereocenters. The van der Waals surface area contributed by atoms with Gasteiger partial charge in [-0.15, -0.1) is 0 Å². The molecular weight excluding hydrogens is 210 g/mol. The number of carbonyl (C=O) groups is 2. The minimum atomic E-state index is -0.852. The number of aliphatic imine (C=N–C) groups is 1. The number of rotatable bonds is 3. The van der Waals surface area contributed by atoms with Gasteiger partial charge in [0, 0.05) is 0 Å². The van der Waals surface area contributed by atoms with Crippen molar-refractivity contribution in [2.24, 2.45) is 4.99 Å². The van der Waals surface area contributed by atoms with E-state index in [1.807, 2.05) is 0 Å². The fraction of sp³-hybridized carbons (Fsp3) is 0.571. The fourth-order valence-electron chi connectivity index (χ4n) is 0.780. The molecule has 0 saturated carbocycles. The zero-order valence-electron chi connectivity index (χ0n) is 7.02. The summed E-state index contributed by atoms with van der Waals surface area (Å²) in [4.78, 5) is 25.1. The van der Waals surface area contributed by atoms with Gasteiger partial charge in [-0.25, -0.2) is 0 Å². The van der Waals surface area contributed by atoms with Crippen molar-refractivity contribution in [1.82, 2.24) is 0 Å². The first kappa shape index (κ1) is 10.6. The highest BCUT2D eigenvalue weighted by Crippen LogP contribution is 2.27. The maximum absolute atomic E-state index is 10.7. The van der Waals surface area contributed by atoms with Gasteiger partial charge in [-0.1, -0.05) is 30.4 Å². The topological polar surface area (TPSA) is 66.7 Å². The molecule has 6 heteroatoms. The van der Waals surface area contributed by atoms with Crippen molar-refractivity contribution in [3.05, 3.63) is 0 Å². The van der Waals surface area contributed by atoms with Gasteiger partial charge in [-0.3, -0.25) is 9.59 Å². The van der Waals surface area contributed by atoms with Crippen molar-refractivity contribution in [3.8, 4) is 0 Å². The number of hydrogen-bond acceptors (Lipinski definition) is 4. The first-order valence-electron chi connectivity index (χ1n) is 3.77. The van der Waals surface area contributed by atoms with E-state index in [-0.39, 0.29) is 5.91 Å². The third kappa shape index (κ3) is 3.04. The van der Waals surface area contributed by atoms with Gasteiger partial charge in [0.25, 0.3) is 5.91 Å². The molecule has 1 N–H and O–H groups in total. The minimum absolute atomic E-state index is 0.173. The lowest BCUT2D eigenvalue weighted by Gasteiger charge is -2.06. The van der Waals surface area contributed by atoms with E-state index >= 15 is 0 Å².